The Bertz CT molecular complexity index is 368. The van der Waals surface area contributed by atoms with Crippen molar-refractivity contribution in [3.8, 4) is 0 Å². The van der Waals surface area contributed by atoms with Crippen molar-refractivity contribution in [1.82, 2.24) is 14.9 Å². The van der Waals surface area contributed by atoms with Crippen LogP contribution in [0.5, 0.6) is 0 Å². The van der Waals surface area contributed by atoms with Crippen molar-refractivity contribution in [3.05, 3.63) is 12.4 Å². The maximum absolute atomic E-state index is 4.25. The Morgan fingerprint density at radius 2 is 2.11 bits per heavy atom. The Balaban J connectivity index is 1.84. The molecule has 2 rings (SSSR count). The Kier molecular flexibility index (Phi) is 4.75. The lowest BCUT2D eigenvalue weighted by Gasteiger charge is -2.20. The zero-order chi connectivity index (χ0) is 12.8. The number of likely N-dealkylation sites (N-methyl/N-ethyl adjacent to an activating group) is 1. The highest BCUT2D eigenvalue weighted by Crippen LogP contribution is 2.16. The summed E-state index contributed by atoms with van der Waals surface area (Å²) in [7, 11) is 2.19. The molecular formula is C13H23N5. The molecule has 1 aromatic rings. The number of aromatic nitrogens is 2. The van der Waals surface area contributed by atoms with Gasteiger partial charge in [0.2, 0.25) is 0 Å². The lowest BCUT2D eigenvalue weighted by molar-refractivity contribution is 0.322. The van der Waals surface area contributed by atoms with Crippen molar-refractivity contribution < 1.29 is 0 Å². The van der Waals surface area contributed by atoms with Crippen LogP contribution in [0.15, 0.2) is 12.4 Å². The molecule has 100 valence electrons. The average molecular weight is 249 g/mol. The highest BCUT2D eigenvalue weighted by molar-refractivity contribution is 5.46. The summed E-state index contributed by atoms with van der Waals surface area (Å²) in [6, 6.07) is 2.61. The van der Waals surface area contributed by atoms with Crippen LogP contribution < -0.4 is 10.6 Å². The largest absolute Gasteiger partial charge is 0.370 e. The Morgan fingerprint density at radius 1 is 1.33 bits per heavy atom. The lowest BCUT2D eigenvalue weighted by atomic mass is 10.2. The van der Waals surface area contributed by atoms with Gasteiger partial charge >= 0.3 is 0 Å². The molecule has 1 aliphatic rings. The van der Waals surface area contributed by atoms with E-state index in [-0.39, 0.29) is 0 Å². The first-order valence-electron chi connectivity index (χ1n) is 6.79. The molecule has 2 heterocycles. The molecule has 1 atom stereocenters. The lowest BCUT2D eigenvalue weighted by Crippen LogP contribution is -2.31. The summed E-state index contributed by atoms with van der Waals surface area (Å²) < 4.78 is 0. The summed E-state index contributed by atoms with van der Waals surface area (Å²) in [6.45, 7) is 5.26. The second-order valence-electron chi connectivity index (χ2n) is 4.87. The van der Waals surface area contributed by atoms with E-state index in [1.54, 1.807) is 6.33 Å². The van der Waals surface area contributed by atoms with Crippen LogP contribution in [0.4, 0.5) is 11.6 Å². The normalized spacial score (nSPS) is 20.0. The molecular weight excluding hydrogens is 226 g/mol. The van der Waals surface area contributed by atoms with Crippen LogP contribution in [0.2, 0.25) is 0 Å². The van der Waals surface area contributed by atoms with E-state index in [4.69, 9.17) is 0 Å². The zero-order valence-corrected chi connectivity index (χ0v) is 11.3. The Labute approximate surface area is 109 Å². The molecule has 0 bridgehead atoms. The summed E-state index contributed by atoms with van der Waals surface area (Å²) in [5.41, 5.74) is 0. The number of likely N-dealkylation sites (tertiary alicyclic amines) is 1. The van der Waals surface area contributed by atoms with Gasteiger partial charge in [0.25, 0.3) is 0 Å². The van der Waals surface area contributed by atoms with Crippen LogP contribution in [-0.4, -0.2) is 47.6 Å². The van der Waals surface area contributed by atoms with Crippen molar-refractivity contribution in [1.29, 1.82) is 0 Å². The van der Waals surface area contributed by atoms with E-state index in [2.05, 4.69) is 39.5 Å². The van der Waals surface area contributed by atoms with Gasteiger partial charge in [-0.15, -0.1) is 0 Å². The quantitative estimate of drug-likeness (QED) is 0.805. The zero-order valence-electron chi connectivity index (χ0n) is 11.3. The molecule has 18 heavy (non-hydrogen) atoms. The van der Waals surface area contributed by atoms with Crippen molar-refractivity contribution >= 4 is 11.6 Å². The maximum atomic E-state index is 4.25. The smallest absolute Gasteiger partial charge is 0.131 e. The predicted octanol–water partition coefficient (Wildman–Crippen LogP) is 1.80. The summed E-state index contributed by atoms with van der Waals surface area (Å²) >= 11 is 0. The highest BCUT2D eigenvalue weighted by Gasteiger charge is 2.20. The van der Waals surface area contributed by atoms with Gasteiger partial charge in [-0.1, -0.05) is 6.92 Å². The second-order valence-corrected chi connectivity index (χ2v) is 4.87. The van der Waals surface area contributed by atoms with Gasteiger partial charge in [-0.05, 0) is 32.9 Å². The minimum atomic E-state index is 0.631. The van der Waals surface area contributed by atoms with Gasteiger partial charge in [0.05, 0.1) is 0 Å². The number of nitrogens with zero attached hydrogens (tertiary/aromatic N) is 3. The van der Waals surface area contributed by atoms with Gasteiger partial charge in [0.1, 0.15) is 18.0 Å². The topological polar surface area (TPSA) is 53.1 Å². The van der Waals surface area contributed by atoms with E-state index in [0.29, 0.717) is 6.04 Å². The van der Waals surface area contributed by atoms with Crippen LogP contribution in [0.1, 0.15) is 26.2 Å². The minimum absolute atomic E-state index is 0.631. The standard InChI is InChI=1S/C13H23N5/c1-3-6-14-12-8-13(17-10-16-12)15-9-11-5-4-7-18(11)2/h8,10-11H,3-7,9H2,1-2H3,(H2,14,15,16,17). The molecule has 5 heteroatoms. The first-order chi connectivity index (χ1) is 8.79. The molecule has 5 nitrogen and oxygen atoms in total. The van der Waals surface area contributed by atoms with Gasteiger partial charge in [0.15, 0.2) is 0 Å². The summed E-state index contributed by atoms with van der Waals surface area (Å²) in [6.07, 6.45) is 5.28. The van der Waals surface area contributed by atoms with E-state index in [1.165, 1.54) is 19.4 Å². The summed E-state index contributed by atoms with van der Waals surface area (Å²) in [5.74, 6) is 1.80. The van der Waals surface area contributed by atoms with Gasteiger partial charge in [-0.2, -0.15) is 0 Å². The fourth-order valence-electron chi connectivity index (χ4n) is 2.26. The molecule has 0 spiro atoms. The fourth-order valence-corrected chi connectivity index (χ4v) is 2.26. The third kappa shape index (κ3) is 3.57. The predicted molar refractivity (Wildman–Crippen MR) is 75.0 cm³/mol. The number of anilines is 2. The second kappa shape index (κ2) is 6.54. The Morgan fingerprint density at radius 3 is 2.78 bits per heavy atom. The van der Waals surface area contributed by atoms with Crippen molar-refractivity contribution in [2.75, 3.05) is 37.3 Å². The van der Waals surface area contributed by atoms with Crippen LogP contribution in [0, 0.1) is 0 Å². The molecule has 1 aliphatic heterocycles. The number of hydrogen-bond donors (Lipinski definition) is 2. The maximum Gasteiger partial charge on any atom is 0.131 e. The van der Waals surface area contributed by atoms with Gasteiger partial charge < -0.3 is 15.5 Å². The molecule has 0 amide bonds. The number of nitrogens with one attached hydrogen (secondary N) is 2. The van der Waals surface area contributed by atoms with Crippen LogP contribution >= 0.6 is 0 Å². The van der Waals surface area contributed by atoms with Crippen LogP contribution in [-0.2, 0) is 0 Å². The molecule has 1 saturated heterocycles. The molecule has 0 aromatic carbocycles. The van der Waals surface area contributed by atoms with E-state index < -0.39 is 0 Å². The Hall–Kier alpha value is -1.36. The van der Waals surface area contributed by atoms with Crippen molar-refractivity contribution in [2.24, 2.45) is 0 Å². The highest BCUT2D eigenvalue weighted by atomic mass is 15.2. The molecule has 1 aromatic heterocycles. The monoisotopic (exact) mass is 249 g/mol. The fraction of sp³-hybridized carbons (Fsp3) is 0.692. The van der Waals surface area contributed by atoms with E-state index >= 15 is 0 Å². The SMILES string of the molecule is CCCNc1cc(NCC2CCCN2C)ncn1. The molecule has 0 aliphatic carbocycles. The molecule has 1 fully saturated rings. The minimum Gasteiger partial charge on any atom is -0.370 e. The molecule has 0 radical (unpaired) electrons. The molecule has 0 saturated carbocycles. The average Bonchev–Trinajstić information content (AvgIpc) is 2.80. The number of rotatable bonds is 6. The number of hydrogen-bond acceptors (Lipinski definition) is 5. The molecule has 1 unspecified atom stereocenters. The van der Waals surface area contributed by atoms with E-state index in [9.17, 15) is 0 Å². The van der Waals surface area contributed by atoms with Crippen molar-refractivity contribution in [3.63, 3.8) is 0 Å². The first-order valence-corrected chi connectivity index (χ1v) is 6.79. The summed E-state index contributed by atoms with van der Waals surface area (Å²) in [4.78, 5) is 10.9. The van der Waals surface area contributed by atoms with Crippen molar-refractivity contribution in [2.45, 2.75) is 32.2 Å². The third-order valence-corrected chi connectivity index (χ3v) is 3.41. The molecule has 2 N–H and O–H groups in total. The summed E-state index contributed by atoms with van der Waals surface area (Å²) in [5, 5.41) is 6.67. The first kappa shape index (κ1) is 13.1. The van der Waals surface area contributed by atoms with E-state index in [0.717, 1.165) is 31.1 Å². The van der Waals surface area contributed by atoms with E-state index in [1.807, 2.05) is 6.07 Å². The third-order valence-electron chi connectivity index (χ3n) is 3.41. The van der Waals surface area contributed by atoms with Crippen LogP contribution in [0.3, 0.4) is 0 Å². The van der Waals surface area contributed by atoms with Gasteiger partial charge in [-0.25, -0.2) is 9.97 Å². The van der Waals surface area contributed by atoms with Gasteiger partial charge in [0, 0.05) is 25.2 Å². The van der Waals surface area contributed by atoms with Gasteiger partial charge in [-0.3, -0.25) is 0 Å². The van der Waals surface area contributed by atoms with Crippen LogP contribution in [0.25, 0.3) is 0 Å².